The summed E-state index contributed by atoms with van der Waals surface area (Å²) in [7, 11) is -3.53. The van der Waals surface area contributed by atoms with Crippen LogP contribution in [-0.2, 0) is 21.2 Å². The minimum absolute atomic E-state index is 0.0888. The van der Waals surface area contributed by atoms with Gasteiger partial charge >= 0.3 is 0 Å². The smallest absolute Gasteiger partial charge is 0.240 e. The number of hydrogen-bond donors (Lipinski definition) is 1. The molecule has 6 nitrogen and oxygen atoms in total. The molecule has 3 aliphatic rings. The molecule has 0 unspecified atom stereocenters. The number of amides is 1. The van der Waals surface area contributed by atoms with E-state index in [2.05, 4.69) is 16.5 Å². The summed E-state index contributed by atoms with van der Waals surface area (Å²) < 4.78 is 28.3. The largest absolute Gasteiger partial charge is 0.309 e. The first-order valence-electron chi connectivity index (χ1n) is 11.5. The Morgan fingerprint density at radius 2 is 1.97 bits per heavy atom. The highest BCUT2D eigenvalue weighted by Gasteiger charge is 2.37. The van der Waals surface area contributed by atoms with Crippen LogP contribution in [0, 0.1) is 11.8 Å². The predicted octanol–water partition coefficient (Wildman–Crippen LogP) is 3.16. The number of nitrogens with zero attached hydrogens (tertiary/aromatic N) is 2. The fourth-order valence-electron chi connectivity index (χ4n) is 5.04. The van der Waals surface area contributed by atoms with Crippen molar-refractivity contribution in [2.24, 2.45) is 11.8 Å². The van der Waals surface area contributed by atoms with Crippen molar-refractivity contribution >= 4 is 21.6 Å². The highest BCUT2D eigenvalue weighted by Crippen LogP contribution is 2.38. The van der Waals surface area contributed by atoms with Crippen LogP contribution in [0.15, 0.2) is 23.1 Å². The molecule has 30 heavy (non-hydrogen) atoms. The molecule has 0 aromatic heterocycles. The van der Waals surface area contributed by atoms with E-state index in [9.17, 15) is 13.2 Å². The van der Waals surface area contributed by atoms with Gasteiger partial charge in [0.15, 0.2) is 0 Å². The van der Waals surface area contributed by atoms with Crippen molar-refractivity contribution in [3.63, 3.8) is 0 Å². The van der Waals surface area contributed by atoms with E-state index in [0.29, 0.717) is 17.9 Å². The molecule has 4 rings (SSSR count). The van der Waals surface area contributed by atoms with Crippen LogP contribution in [0.5, 0.6) is 0 Å². The van der Waals surface area contributed by atoms with E-state index in [1.54, 1.807) is 12.1 Å². The van der Waals surface area contributed by atoms with Gasteiger partial charge in [0.1, 0.15) is 0 Å². The fourth-order valence-corrected chi connectivity index (χ4v) is 6.17. The predicted molar refractivity (Wildman–Crippen MR) is 119 cm³/mol. The van der Waals surface area contributed by atoms with E-state index < -0.39 is 10.0 Å². The van der Waals surface area contributed by atoms with Gasteiger partial charge in [-0.2, -0.15) is 0 Å². The van der Waals surface area contributed by atoms with Crippen molar-refractivity contribution in [2.75, 3.05) is 31.1 Å². The molecule has 1 aromatic carbocycles. The van der Waals surface area contributed by atoms with Crippen molar-refractivity contribution < 1.29 is 13.2 Å². The van der Waals surface area contributed by atoms with Crippen LogP contribution in [0.1, 0.15) is 57.9 Å². The van der Waals surface area contributed by atoms with E-state index in [4.69, 9.17) is 0 Å². The average molecular weight is 434 g/mol. The van der Waals surface area contributed by atoms with Crippen LogP contribution in [0.4, 0.5) is 5.69 Å². The van der Waals surface area contributed by atoms with E-state index in [1.165, 1.54) is 12.8 Å². The standard InChI is InChI=1S/C23H35N3O3S/c1-17-6-4-12-25(16-17)13-5-11-24-30(28,29)21-9-10-22-20(15-21)14-18(2)26(22)23(27)19-7-3-8-19/h9-10,15,17-19,24H,3-8,11-14,16H2,1-2H3/t17-,18+/m0/s1. The molecule has 1 amide bonds. The summed E-state index contributed by atoms with van der Waals surface area (Å²) in [4.78, 5) is 17.4. The van der Waals surface area contributed by atoms with Crippen molar-refractivity contribution in [1.82, 2.24) is 9.62 Å². The number of carbonyl (C=O) groups is 1. The summed E-state index contributed by atoms with van der Waals surface area (Å²) >= 11 is 0. The molecule has 0 bridgehead atoms. The fraction of sp³-hybridized carbons (Fsp3) is 0.696. The number of hydrogen-bond acceptors (Lipinski definition) is 4. The minimum Gasteiger partial charge on any atom is -0.309 e. The number of benzene rings is 1. The van der Waals surface area contributed by atoms with E-state index in [-0.39, 0.29) is 17.9 Å². The quantitative estimate of drug-likeness (QED) is 0.671. The van der Waals surface area contributed by atoms with Crippen LogP contribution >= 0.6 is 0 Å². The molecule has 0 spiro atoms. The molecule has 7 heteroatoms. The van der Waals surface area contributed by atoms with Gasteiger partial charge < -0.3 is 9.80 Å². The molecule has 0 radical (unpaired) electrons. The molecule has 2 fully saturated rings. The third-order valence-corrected chi connectivity index (χ3v) is 8.41. The number of anilines is 1. The van der Waals surface area contributed by atoms with E-state index in [1.807, 2.05) is 17.9 Å². The lowest BCUT2D eigenvalue weighted by atomic mass is 9.84. The van der Waals surface area contributed by atoms with Gasteiger partial charge in [0.25, 0.3) is 0 Å². The second kappa shape index (κ2) is 8.97. The highest BCUT2D eigenvalue weighted by atomic mass is 32.2. The van der Waals surface area contributed by atoms with Gasteiger partial charge in [-0.25, -0.2) is 13.1 Å². The number of piperidine rings is 1. The first kappa shape index (κ1) is 21.8. The van der Waals surface area contributed by atoms with Gasteiger partial charge in [0.05, 0.1) is 4.90 Å². The van der Waals surface area contributed by atoms with Crippen molar-refractivity contribution in [1.29, 1.82) is 0 Å². The number of sulfonamides is 1. The monoisotopic (exact) mass is 433 g/mol. The lowest BCUT2D eigenvalue weighted by molar-refractivity contribution is -0.125. The van der Waals surface area contributed by atoms with Gasteiger partial charge in [-0.1, -0.05) is 13.3 Å². The van der Waals surface area contributed by atoms with Gasteiger partial charge in [0, 0.05) is 30.7 Å². The lowest BCUT2D eigenvalue weighted by Gasteiger charge is -2.32. The van der Waals surface area contributed by atoms with Gasteiger partial charge in [0.2, 0.25) is 15.9 Å². The molecule has 166 valence electrons. The molecule has 2 atom stereocenters. The van der Waals surface area contributed by atoms with Crippen molar-refractivity contribution in [3.05, 3.63) is 23.8 Å². The van der Waals surface area contributed by atoms with Crippen LogP contribution in [0.25, 0.3) is 0 Å². The summed E-state index contributed by atoms with van der Waals surface area (Å²) in [5.41, 5.74) is 1.85. The Kier molecular flexibility index (Phi) is 6.51. The first-order chi connectivity index (χ1) is 14.3. The van der Waals surface area contributed by atoms with Gasteiger partial charge in [-0.05, 0) is 88.2 Å². The molecular formula is C23H35N3O3S. The van der Waals surface area contributed by atoms with Gasteiger partial charge in [-0.3, -0.25) is 4.79 Å². The number of rotatable bonds is 7. The number of nitrogens with one attached hydrogen (secondary N) is 1. The molecular weight excluding hydrogens is 398 g/mol. The lowest BCUT2D eigenvalue weighted by Crippen LogP contribution is -2.42. The third kappa shape index (κ3) is 4.58. The summed E-state index contributed by atoms with van der Waals surface area (Å²) in [6.07, 6.45) is 7.14. The number of fused-ring (bicyclic) bond motifs is 1. The van der Waals surface area contributed by atoms with E-state index in [0.717, 1.165) is 62.5 Å². The van der Waals surface area contributed by atoms with Crippen LogP contribution in [0.2, 0.25) is 0 Å². The summed E-state index contributed by atoms with van der Waals surface area (Å²) in [5.74, 6) is 1.08. The van der Waals surface area contributed by atoms with Crippen LogP contribution in [-0.4, -0.2) is 51.4 Å². The molecule has 2 aliphatic heterocycles. The zero-order valence-corrected chi connectivity index (χ0v) is 19.1. The number of carbonyl (C=O) groups excluding carboxylic acids is 1. The molecule has 1 saturated carbocycles. The second-order valence-electron chi connectivity index (χ2n) is 9.48. The Labute approximate surface area is 181 Å². The Morgan fingerprint density at radius 3 is 2.67 bits per heavy atom. The zero-order valence-electron chi connectivity index (χ0n) is 18.3. The normalized spacial score (nSPS) is 25.2. The molecule has 1 saturated heterocycles. The van der Waals surface area contributed by atoms with Crippen LogP contribution in [0.3, 0.4) is 0 Å². The third-order valence-electron chi connectivity index (χ3n) is 6.95. The Hall–Kier alpha value is -1.44. The maximum Gasteiger partial charge on any atom is 0.240 e. The first-order valence-corrected chi connectivity index (χ1v) is 13.0. The molecule has 1 aliphatic carbocycles. The average Bonchev–Trinajstić information content (AvgIpc) is 2.99. The maximum absolute atomic E-state index is 12.8. The maximum atomic E-state index is 12.8. The summed E-state index contributed by atoms with van der Waals surface area (Å²) in [6.45, 7) is 7.96. The van der Waals surface area contributed by atoms with Crippen LogP contribution < -0.4 is 9.62 Å². The number of likely N-dealkylation sites (tertiary alicyclic amines) is 1. The Morgan fingerprint density at radius 1 is 1.17 bits per heavy atom. The summed E-state index contributed by atoms with van der Waals surface area (Å²) in [5, 5.41) is 0. The van der Waals surface area contributed by atoms with Crippen molar-refractivity contribution in [2.45, 2.75) is 69.7 Å². The van der Waals surface area contributed by atoms with Crippen molar-refractivity contribution in [3.8, 4) is 0 Å². The Balaban J connectivity index is 1.36. The molecule has 1 aromatic rings. The van der Waals surface area contributed by atoms with Gasteiger partial charge in [-0.15, -0.1) is 0 Å². The highest BCUT2D eigenvalue weighted by molar-refractivity contribution is 7.89. The topological polar surface area (TPSA) is 69.7 Å². The molecule has 1 N–H and O–H groups in total. The van der Waals surface area contributed by atoms with E-state index >= 15 is 0 Å². The SMILES string of the molecule is C[C@H]1CCCN(CCCNS(=O)(=O)c2ccc3c(c2)C[C@@H](C)N3C(=O)C2CCC2)C1. The minimum atomic E-state index is -3.53. The molecule has 2 heterocycles. The zero-order chi connectivity index (χ0) is 21.3. The summed E-state index contributed by atoms with van der Waals surface area (Å²) in [6, 6.07) is 5.31. The second-order valence-corrected chi connectivity index (χ2v) is 11.2. The Bertz CT molecular complexity index is 882.